The lowest BCUT2D eigenvalue weighted by Gasteiger charge is -2.30. The van der Waals surface area contributed by atoms with Crippen LogP contribution in [0.3, 0.4) is 0 Å². The number of rotatable bonds is 6. The molecule has 2 amide bonds. The van der Waals surface area contributed by atoms with Crippen LogP contribution >= 0.6 is 0 Å². The summed E-state index contributed by atoms with van der Waals surface area (Å²) in [6.07, 6.45) is 6.89. The standard InChI is InChI=1S/C30H34N6O3/c1-30(2,3)39-29(38)35-20-13-11-19(12-14-20)27(37)33-21-7-6-8-22(17-21)34-28-31-16-15-26(36-28)24-18-32-25-10-5-4-9-23(24)25/h4-5,9-16,18,21-22,32H,6-8,17H2,1-3H3,(H,33,37)(H,35,38)(H,31,34,36). The Bertz CT molecular complexity index is 1460. The van der Waals surface area contributed by atoms with Crippen LogP contribution in [0.4, 0.5) is 16.4 Å². The molecule has 1 aliphatic carbocycles. The van der Waals surface area contributed by atoms with Crippen LogP contribution in [0.1, 0.15) is 56.8 Å². The Balaban J connectivity index is 1.17. The lowest BCUT2D eigenvalue weighted by Crippen LogP contribution is -2.42. The molecule has 2 atom stereocenters. The molecule has 0 spiro atoms. The summed E-state index contributed by atoms with van der Waals surface area (Å²) in [5.74, 6) is 0.449. The van der Waals surface area contributed by atoms with Crippen molar-refractivity contribution in [2.24, 2.45) is 0 Å². The minimum Gasteiger partial charge on any atom is -0.444 e. The molecule has 2 aromatic heterocycles. The molecule has 4 aromatic rings. The number of carbonyl (C=O) groups excluding carboxylic acids is 2. The lowest BCUT2D eigenvalue weighted by molar-refractivity contribution is 0.0635. The van der Waals surface area contributed by atoms with E-state index in [0.29, 0.717) is 17.2 Å². The summed E-state index contributed by atoms with van der Waals surface area (Å²) >= 11 is 0. The van der Waals surface area contributed by atoms with Gasteiger partial charge < -0.3 is 20.4 Å². The molecule has 202 valence electrons. The Labute approximate surface area is 227 Å². The van der Waals surface area contributed by atoms with E-state index in [1.54, 1.807) is 51.2 Å². The SMILES string of the molecule is CC(C)(C)OC(=O)Nc1ccc(C(=O)NC2CCCC(Nc3nccc(-c4c[nH]c5ccccc45)n3)C2)cc1. The zero-order valence-electron chi connectivity index (χ0n) is 22.5. The lowest BCUT2D eigenvalue weighted by atomic mass is 9.91. The molecule has 39 heavy (non-hydrogen) atoms. The average Bonchev–Trinajstić information content (AvgIpc) is 3.33. The fourth-order valence-corrected chi connectivity index (χ4v) is 4.89. The summed E-state index contributed by atoms with van der Waals surface area (Å²) in [5, 5.41) is 10.4. The summed E-state index contributed by atoms with van der Waals surface area (Å²) < 4.78 is 5.27. The van der Waals surface area contributed by atoms with Crippen LogP contribution in [0, 0.1) is 0 Å². The van der Waals surface area contributed by atoms with E-state index in [2.05, 4.69) is 32.0 Å². The van der Waals surface area contributed by atoms with Gasteiger partial charge >= 0.3 is 6.09 Å². The number of amides is 2. The predicted molar refractivity (Wildman–Crippen MR) is 153 cm³/mol. The van der Waals surface area contributed by atoms with Crippen molar-refractivity contribution in [2.75, 3.05) is 10.6 Å². The third kappa shape index (κ3) is 6.73. The summed E-state index contributed by atoms with van der Waals surface area (Å²) in [6, 6.07) is 17.1. The second-order valence-corrected chi connectivity index (χ2v) is 10.9. The van der Waals surface area contributed by atoms with Gasteiger partial charge in [0.25, 0.3) is 5.91 Å². The van der Waals surface area contributed by atoms with E-state index in [-0.39, 0.29) is 18.0 Å². The number of benzene rings is 2. The zero-order valence-corrected chi connectivity index (χ0v) is 22.5. The third-order valence-electron chi connectivity index (χ3n) is 6.66. The van der Waals surface area contributed by atoms with Crippen LogP contribution in [0.15, 0.2) is 67.0 Å². The Morgan fingerprint density at radius 2 is 1.77 bits per heavy atom. The molecule has 0 aliphatic heterocycles. The van der Waals surface area contributed by atoms with Gasteiger partial charge in [-0.1, -0.05) is 18.2 Å². The van der Waals surface area contributed by atoms with Gasteiger partial charge in [-0.15, -0.1) is 0 Å². The van der Waals surface area contributed by atoms with Crippen molar-refractivity contribution in [3.8, 4) is 11.3 Å². The molecule has 0 saturated heterocycles. The minimum absolute atomic E-state index is 0.0418. The second-order valence-electron chi connectivity index (χ2n) is 10.9. The zero-order chi connectivity index (χ0) is 27.4. The van der Waals surface area contributed by atoms with Crippen molar-refractivity contribution < 1.29 is 14.3 Å². The number of carbonyl (C=O) groups is 2. The molecule has 2 aromatic carbocycles. The molecule has 1 fully saturated rings. The molecule has 2 heterocycles. The smallest absolute Gasteiger partial charge is 0.412 e. The molecule has 0 radical (unpaired) electrons. The first-order valence-electron chi connectivity index (χ1n) is 13.3. The first-order chi connectivity index (χ1) is 18.7. The highest BCUT2D eigenvalue weighted by Gasteiger charge is 2.24. The Hall–Kier alpha value is -4.40. The maximum Gasteiger partial charge on any atom is 0.412 e. The molecule has 4 N–H and O–H groups in total. The number of hydrogen-bond acceptors (Lipinski definition) is 6. The molecule has 2 unspecified atom stereocenters. The highest BCUT2D eigenvalue weighted by atomic mass is 16.6. The number of para-hydroxylation sites is 1. The van der Waals surface area contributed by atoms with Gasteiger partial charge in [0.15, 0.2) is 0 Å². The number of H-pyrrole nitrogens is 1. The maximum atomic E-state index is 12.9. The second kappa shape index (κ2) is 11.1. The monoisotopic (exact) mass is 526 g/mol. The number of nitrogens with zero attached hydrogens (tertiary/aromatic N) is 2. The number of anilines is 2. The topological polar surface area (TPSA) is 121 Å². The quantitative estimate of drug-likeness (QED) is 0.240. The van der Waals surface area contributed by atoms with Crippen LogP contribution in [0.25, 0.3) is 22.2 Å². The van der Waals surface area contributed by atoms with Gasteiger partial charge in [-0.3, -0.25) is 10.1 Å². The third-order valence-corrected chi connectivity index (χ3v) is 6.66. The highest BCUT2D eigenvalue weighted by Crippen LogP contribution is 2.28. The molecule has 5 rings (SSSR count). The van der Waals surface area contributed by atoms with E-state index in [0.717, 1.165) is 47.8 Å². The first-order valence-corrected chi connectivity index (χ1v) is 13.3. The van der Waals surface area contributed by atoms with E-state index < -0.39 is 11.7 Å². The molecular weight excluding hydrogens is 492 g/mol. The summed E-state index contributed by atoms with van der Waals surface area (Å²) in [5.41, 5.74) is 3.49. The number of ether oxygens (including phenoxy) is 1. The van der Waals surface area contributed by atoms with Crippen molar-refractivity contribution in [2.45, 2.75) is 64.1 Å². The van der Waals surface area contributed by atoms with E-state index in [1.165, 1.54) is 0 Å². The molecule has 1 aliphatic rings. The van der Waals surface area contributed by atoms with Crippen molar-refractivity contribution in [3.63, 3.8) is 0 Å². The summed E-state index contributed by atoms with van der Waals surface area (Å²) in [7, 11) is 0. The highest BCUT2D eigenvalue weighted by molar-refractivity contribution is 5.95. The van der Waals surface area contributed by atoms with Gasteiger partial charge in [-0.25, -0.2) is 14.8 Å². The van der Waals surface area contributed by atoms with Crippen LogP contribution in [-0.4, -0.2) is 44.6 Å². The number of aromatic amines is 1. The van der Waals surface area contributed by atoms with Crippen molar-refractivity contribution >= 4 is 34.5 Å². The maximum absolute atomic E-state index is 12.9. The molecule has 1 saturated carbocycles. The molecule has 9 nitrogen and oxygen atoms in total. The fourth-order valence-electron chi connectivity index (χ4n) is 4.89. The molecule has 9 heteroatoms. The Morgan fingerprint density at radius 1 is 1.00 bits per heavy atom. The molecule has 0 bridgehead atoms. The average molecular weight is 527 g/mol. The Morgan fingerprint density at radius 3 is 2.56 bits per heavy atom. The first kappa shape index (κ1) is 26.2. The van der Waals surface area contributed by atoms with Crippen LogP contribution in [0.2, 0.25) is 0 Å². The Kier molecular flexibility index (Phi) is 7.49. The molecular formula is C30H34N6O3. The van der Waals surface area contributed by atoms with Crippen LogP contribution in [-0.2, 0) is 4.74 Å². The van der Waals surface area contributed by atoms with Crippen LogP contribution in [0.5, 0.6) is 0 Å². The van der Waals surface area contributed by atoms with E-state index in [1.807, 2.05) is 30.5 Å². The largest absolute Gasteiger partial charge is 0.444 e. The van der Waals surface area contributed by atoms with Gasteiger partial charge in [0.2, 0.25) is 5.95 Å². The summed E-state index contributed by atoms with van der Waals surface area (Å²) in [6.45, 7) is 5.42. The van der Waals surface area contributed by atoms with Gasteiger partial charge in [-0.2, -0.15) is 0 Å². The van der Waals surface area contributed by atoms with Gasteiger partial charge in [0.1, 0.15) is 5.60 Å². The van der Waals surface area contributed by atoms with Gasteiger partial charge in [0, 0.05) is 52.2 Å². The van der Waals surface area contributed by atoms with Crippen molar-refractivity contribution in [3.05, 3.63) is 72.6 Å². The fraction of sp³-hybridized carbons (Fsp3) is 0.333. The number of hydrogen-bond donors (Lipinski definition) is 4. The number of nitrogens with one attached hydrogen (secondary N) is 4. The normalized spacial score (nSPS) is 17.4. The van der Waals surface area contributed by atoms with E-state index in [4.69, 9.17) is 9.72 Å². The van der Waals surface area contributed by atoms with Crippen molar-refractivity contribution in [1.82, 2.24) is 20.3 Å². The van der Waals surface area contributed by atoms with Gasteiger partial charge in [-0.05, 0) is 82.9 Å². The summed E-state index contributed by atoms with van der Waals surface area (Å²) in [4.78, 5) is 37.4. The number of aromatic nitrogens is 3. The van der Waals surface area contributed by atoms with Crippen LogP contribution < -0.4 is 16.0 Å². The van der Waals surface area contributed by atoms with Crippen molar-refractivity contribution in [1.29, 1.82) is 0 Å². The minimum atomic E-state index is -0.581. The van der Waals surface area contributed by atoms with E-state index in [9.17, 15) is 9.59 Å². The number of fused-ring (bicyclic) bond motifs is 1. The van der Waals surface area contributed by atoms with E-state index >= 15 is 0 Å². The predicted octanol–water partition coefficient (Wildman–Crippen LogP) is 6.13. The van der Waals surface area contributed by atoms with Gasteiger partial charge in [0.05, 0.1) is 5.69 Å².